The van der Waals surface area contributed by atoms with Crippen LogP contribution in [0.3, 0.4) is 0 Å². The number of thioether (sulfide) groups is 2. The maximum absolute atomic E-state index is 11.4. The third-order valence-electron chi connectivity index (χ3n) is 3.38. The van der Waals surface area contributed by atoms with E-state index in [9.17, 15) is 9.59 Å². The lowest BCUT2D eigenvalue weighted by molar-refractivity contribution is -0.144. The van der Waals surface area contributed by atoms with Gasteiger partial charge in [0, 0.05) is 24.0 Å². The molecule has 1 aromatic rings. The van der Waals surface area contributed by atoms with Gasteiger partial charge in [0.25, 0.3) is 0 Å². The van der Waals surface area contributed by atoms with Crippen molar-refractivity contribution in [3.63, 3.8) is 0 Å². The molecule has 8 heteroatoms. The number of carbonyl (C=O) groups excluding carboxylic acids is 2. The SMILES string of the molecule is C=CC(=O)OC(COc1cccc(OC(SC)C(C)OC(=O)C=C)c1)CSC. The van der Waals surface area contributed by atoms with Crippen LogP contribution in [0.5, 0.6) is 11.5 Å². The number of hydrogen-bond acceptors (Lipinski definition) is 8. The van der Waals surface area contributed by atoms with Gasteiger partial charge in [0.05, 0.1) is 0 Å². The zero-order valence-electron chi connectivity index (χ0n) is 16.3. The van der Waals surface area contributed by atoms with Crippen molar-refractivity contribution in [3.05, 3.63) is 49.6 Å². The Labute approximate surface area is 174 Å². The zero-order valence-corrected chi connectivity index (χ0v) is 17.9. The molecule has 0 radical (unpaired) electrons. The lowest BCUT2D eigenvalue weighted by Crippen LogP contribution is -2.30. The molecule has 0 saturated heterocycles. The van der Waals surface area contributed by atoms with Gasteiger partial charge >= 0.3 is 11.9 Å². The normalized spacial score (nSPS) is 13.5. The van der Waals surface area contributed by atoms with Gasteiger partial charge in [-0.3, -0.25) is 0 Å². The highest BCUT2D eigenvalue weighted by molar-refractivity contribution is 7.99. The Morgan fingerprint density at radius 3 is 2.36 bits per heavy atom. The first kappa shape index (κ1) is 24.0. The maximum atomic E-state index is 11.4. The fourth-order valence-corrected chi connectivity index (χ4v) is 3.28. The lowest BCUT2D eigenvalue weighted by atomic mass is 10.3. The van der Waals surface area contributed by atoms with E-state index in [0.29, 0.717) is 17.3 Å². The van der Waals surface area contributed by atoms with Crippen LogP contribution >= 0.6 is 23.5 Å². The summed E-state index contributed by atoms with van der Waals surface area (Å²) in [5, 5.41) is 0. The number of rotatable bonds is 13. The van der Waals surface area contributed by atoms with Crippen LogP contribution in [0.4, 0.5) is 0 Å². The molecule has 0 bridgehead atoms. The molecule has 0 saturated carbocycles. The van der Waals surface area contributed by atoms with Crippen molar-refractivity contribution in [1.82, 2.24) is 0 Å². The molecule has 0 fully saturated rings. The Bertz CT molecular complexity index is 664. The van der Waals surface area contributed by atoms with E-state index in [0.717, 1.165) is 12.2 Å². The fraction of sp³-hybridized carbons (Fsp3) is 0.400. The fourth-order valence-electron chi connectivity index (χ4n) is 2.10. The maximum Gasteiger partial charge on any atom is 0.330 e. The molecule has 0 heterocycles. The molecule has 0 aliphatic carbocycles. The van der Waals surface area contributed by atoms with Crippen molar-refractivity contribution in [2.24, 2.45) is 0 Å². The van der Waals surface area contributed by atoms with Gasteiger partial charge < -0.3 is 18.9 Å². The Balaban J connectivity index is 2.71. The highest BCUT2D eigenvalue weighted by Gasteiger charge is 2.21. The second kappa shape index (κ2) is 13.2. The summed E-state index contributed by atoms with van der Waals surface area (Å²) in [6.45, 7) is 8.75. The molecular weight excluding hydrogens is 400 g/mol. The van der Waals surface area contributed by atoms with E-state index in [4.69, 9.17) is 18.9 Å². The van der Waals surface area contributed by atoms with Crippen LogP contribution in [0.15, 0.2) is 49.6 Å². The molecule has 3 atom stereocenters. The first-order valence-electron chi connectivity index (χ1n) is 8.50. The highest BCUT2D eigenvalue weighted by atomic mass is 32.2. The quantitative estimate of drug-likeness (QED) is 0.269. The average Bonchev–Trinajstić information content (AvgIpc) is 2.70. The van der Waals surface area contributed by atoms with E-state index >= 15 is 0 Å². The van der Waals surface area contributed by atoms with Gasteiger partial charge in [0.15, 0.2) is 5.44 Å². The van der Waals surface area contributed by atoms with Crippen LogP contribution in [0.1, 0.15) is 6.92 Å². The Morgan fingerprint density at radius 1 is 1.11 bits per heavy atom. The summed E-state index contributed by atoms with van der Waals surface area (Å²) >= 11 is 2.98. The number of esters is 2. The van der Waals surface area contributed by atoms with Gasteiger partial charge in [-0.1, -0.05) is 19.2 Å². The van der Waals surface area contributed by atoms with Crippen molar-refractivity contribution >= 4 is 35.5 Å². The first-order chi connectivity index (χ1) is 13.4. The Hall–Kier alpha value is -2.06. The van der Waals surface area contributed by atoms with Crippen LogP contribution in [0, 0.1) is 0 Å². The van der Waals surface area contributed by atoms with E-state index in [1.165, 1.54) is 11.8 Å². The van der Waals surface area contributed by atoms with Crippen molar-refractivity contribution in [1.29, 1.82) is 0 Å². The van der Waals surface area contributed by atoms with E-state index in [-0.39, 0.29) is 12.7 Å². The molecule has 154 valence electrons. The molecule has 0 amide bonds. The van der Waals surface area contributed by atoms with Gasteiger partial charge in [0.2, 0.25) is 0 Å². The number of hydrogen-bond donors (Lipinski definition) is 0. The summed E-state index contributed by atoms with van der Waals surface area (Å²) in [7, 11) is 0. The molecular formula is C20H26O6S2. The number of carbonyl (C=O) groups is 2. The minimum atomic E-state index is -0.499. The summed E-state index contributed by atoms with van der Waals surface area (Å²) in [5.74, 6) is 0.778. The van der Waals surface area contributed by atoms with E-state index in [1.807, 2.05) is 12.5 Å². The van der Waals surface area contributed by atoms with Crippen LogP contribution in [-0.2, 0) is 19.1 Å². The van der Waals surface area contributed by atoms with Gasteiger partial charge in [-0.25, -0.2) is 9.59 Å². The molecule has 6 nitrogen and oxygen atoms in total. The molecule has 1 rings (SSSR count). The van der Waals surface area contributed by atoms with Crippen molar-refractivity contribution in [3.8, 4) is 11.5 Å². The smallest absolute Gasteiger partial charge is 0.330 e. The molecule has 0 aliphatic rings. The minimum absolute atomic E-state index is 0.211. The van der Waals surface area contributed by atoms with Gasteiger partial charge in [-0.15, -0.1) is 11.8 Å². The molecule has 0 spiro atoms. The second-order valence-corrected chi connectivity index (χ2v) is 7.42. The van der Waals surface area contributed by atoms with Crippen LogP contribution < -0.4 is 9.47 Å². The largest absolute Gasteiger partial charge is 0.490 e. The topological polar surface area (TPSA) is 71.1 Å². The van der Waals surface area contributed by atoms with Crippen molar-refractivity contribution < 1.29 is 28.5 Å². The summed E-state index contributed by atoms with van der Waals surface area (Å²) in [4.78, 5) is 22.8. The summed E-state index contributed by atoms with van der Waals surface area (Å²) in [6, 6.07) is 7.10. The number of ether oxygens (including phenoxy) is 4. The van der Waals surface area contributed by atoms with Gasteiger partial charge in [0.1, 0.15) is 30.3 Å². The Kier molecular flexibility index (Phi) is 11.3. The second-order valence-electron chi connectivity index (χ2n) is 5.57. The molecule has 0 aliphatic heterocycles. The Morgan fingerprint density at radius 2 is 1.75 bits per heavy atom. The zero-order chi connectivity index (χ0) is 20.9. The average molecular weight is 427 g/mol. The molecule has 0 aromatic heterocycles. The molecule has 0 N–H and O–H groups in total. The minimum Gasteiger partial charge on any atom is -0.490 e. The third kappa shape index (κ3) is 8.75. The molecule has 3 unspecified atom stereocenters. The van der Waals surface area contributed by atoms with Gasteiger partial charge in [-0.05, 0) is 31.6 Å². The van der Waals surface area contributed by atoms with Crippen LogP contribution in [-0.4, -0.2) is 54.5 Å². The van der Waals surface area contributed by atoms with E-state index in [1.54, 1.807) is 43.0 Å². The number of benzene rings is 1. The summed E-state index contributed by atoms with van der Waals surface area (Å²) in [5.41, 5.74) is -0.392. The molecule has 28 heavy (non-hydrogen) atoms. The first-order valence-corrected chi connectivity index (χ1v) is 11.2. The standard InChI is InChI=1S/C20H26O6S2/c1-6-18(21)24-14(3)20(28-5)26-16-10-8-9-15(11-16)23-12-17(13-27-4)25-19(22)7-2/h6-11,14,17,20H,1-2,12-13H2,3-5H3. The monoisotopic (exact) mass is 426 g/mol. The van der Waals surface area contributed by atoms with Crippen LogP contribution in [0.25, 0.3) is 0 Å². The summed E-state index contributed by atoms with van der Waals surface area (Å²) < 4.78 is 22.1. The van der Waals surface area contributed by atoms with Crippen LogP contribution in [0.2, 0.25) is 0 Å². The van der Waals surface area contributed by atoms with E-state index < -0.39 is 23.5 Å². The molecule has 1 aromatic carbocycles. The van der Waals surface area contributed by atoms with E-state index in [2.05, 4.69) is 13.2 Å². The van der Waals surface area contributed by atoms with Crippen molar-refractivity contribution in [2.45, 2.75) is 24.6 Å². The van der Waals surface area contributed by atoms with Crippen molar-refractivity contribution in [2.75, 3.05) is 24.9 Å². The predicted molar refractivity (Wildman–Crippen MR) is 114 cm³/mol. The van der Waals surface area contributed by atoms with Gasteiger partial charge in [-0.2, -0.15) is 11.8 Å². The highest BCUT2D eigenvalue weighted by Crippen LogP contribution is 2.25. The summed E-state index contributed by atoms with van der Waals surface area (Å²) in [6.07, 6.45) is 5.19. The predicted octanol–water partition coefficient (Wildman–Crippen LogP) is 3.71. The third-order valence-corrected chi connectivity index (χ3v) is 5.03. The lowest BCUT2D eigenvalue weighted by Gasteiger charge is -2.23.